The topological polar surface area (TPSA) is 9.23 Å². The molecule has 0 N–H and O–H groups in total. The van der Waals surface area contributed by atoms with Crippen LogP contribution < -0.4 is 0 Å². The standard InChI is InChI=1S/C13H24O/c1-6-8-12(5)13(7-2)14-10-9-11(3)4/h7-8,11H,6,9-10H2,1-5H3/b12-8-,13-7+. The van der Waals surface area contributed by atoms with Gasteiger partial charge >= 0.3 is 0 Å². The van der Waals surface area contributed by atoms with Crippen molar-refractivity contribution in [2.75, 3.05) is 6.61 Å². The summed E-state index contributed by atoms with van der Waals surface area (Å²) in [6, 6.07) is 0. The fourth-order valence-electron chi connectivity index (χ4n) is 1.24. The van der Waals surface area contributed by atoms with E-state index in [4.69, 9.17) is 4.74 Å². The number of hydrogen-bond acceptors (Lipinski definition) is 1. The summed E-state index contributed by atoms with van der Waals surface area (Å²) < 4.78 is 5.71. The molecule has 1 heteroatoms. The third-order valence-corrected chi connectivity index (χ3v) is 2.11. The average Bonchev–Trinajstić information content (AvgIpc) is 2.12. The highest BCUT2D eigenvalue weighted by Gasteiger charge is 2.00. The van der Waals surface area contributed by atoms with E-state index in [9.17, 15) is 0 Å². The van der Waals surface area contributed by atoms with Gasteiger partial charge in [-0.1, -0.05) is 26.8 Å². The molecule has 1 nitrogen and oxygen atoms in total. The Morgan fingerprint density at radius 1 is 1.36 bits per heavy atom. The van der Waals surface area contributed by atoms with Crippen LogP contribution in [0.2, 0.25) is 0 Å². The maximum absolute atomic E-state index is 5.71. The summed E-state index contributed by atoms with van der Waals surface area (Å²) >= 11 is 0. The minimum absolute atomic E-state index is 0.712. The predicted molar refractivity (Wildman–Crippen MR) is 63.2 cm³/mol. The van der Waals surface area contributed by atoms with E-state index in [0.29, 0.717) is 5.92 Å². The zero-order valence-electron chi connectivity index (χ0n) is 10.3. The Labute approximate surface area is 88.9 Å². The molecular weight excluding hydrogens is 172 g/mol. The lowest BCUT2D eigenvalue weighted by molar-refractivity contribution is 0.202. The molecule has 14 heavy (non-hydrogen) atoms. The first-order valence-electron chi connectivity index (χ1n) is 5.58. The molecule has 0 aliphatic carbocycles. The maximum atomic E-state index is 5.71. The fourth-order valence-corrected chi connectivity index (χ4v) is 1.24. The molecule has 0 atom stereocenters. The molecule has 0 spiro atoms. The second-order valence-electron chi connectivity index (χ2n) is 3.98. The van der Waals surface area contributed by atoms with E-state index in [1.807, 2.05) is 13.0 Å². The van der Waals surface area contributed by atoms with Crippen molar-refractivity contribution in [3.05, 3.63) is 23.5 Å². The Hall–Kier alpha value is -0.720. The lowest BCUT2D eigenvalue weighted by Gasteiger charge is -2.11. The van der Waals surface area contributed by atoms with Crippen molar-refractivity contribution in [1.29, 1.82) is 0 Å². The lowest BCUT2D eigenvalue weighted by Crippen LogP contribution is -2.00. The normalized spacial score (nSPS) is 13.6. The smallest absolute Gasteiger partial charge is 0.117 e. The summed E-state index contributed by atoms with van der Waals surface area (Å²) in [5.41, 5.74) is 1.25. The monoisotopic (exact) mass is 196 g/mol. The Balaban J connectivity index is 3.99. The summed E-state index contributed by atoms with van der Waals surface area (Å²) in [6.07, 6.45) is 6.43. The molecule has 0 radical (unpaired) electrons. The molecular formula is C13H24O. The molecule has 0 fully saturated rings. The number of allylic oxidation sites excluding steroid dienone is 3. The Kier molecular flexibility index (Phi) is 7.27. The van der Waals surface area contributed by atoms with Gasteiger partial charge in [0.05, 0.1) is 6.61 Å². The van der Waals surface area contributed by atoms with Crippen molar-refractivity contribution in [2.24, 2.45) is 5.92 Å². The van der Waals surface area contributed by atoms with Crippen molar-refractivity contribution in [1.82, 2.24) is 0 Å². The van der Waals surface area contributed by atoms with Crippen LogP contribution in [0.25, 0.3) is 0 Å². The van der Waals surface area contributed by atoms with Crippen LogP contribution in [-0.2, 0) is 4.74 Å². The van der Waals surface area contributed by atoms with E-state index in [1.54, 1.807) is 0 Å². The van der Waals surface area contributed by atoms with Crippen molar-refractivity contribution < 1.29 is 4.74 Å². The zero-order valence-corrected chi connectivity index (χ0v) is 10.3. The first-order valence-corrected chi connectivity index (χ1v) is 5.58. The molecule has 0 aliphatic heterocycles. The van der Waals surface area contributed by atoms with Gasteiger partial charge in [0.1, 0.15) is 5.76 Å². The summed E-state index contributed by atoms with van der Waals surface area (Å²) in [5.74, 6) is 1.75. The third-order valence-electron chi connectivity index (χ3n) is 2.11. The molecule has 0 bridgehead atoms. The van der Waals surface area contributed by atoms with Crippen LogP contribution in [0.1, 0.15) is 47.5 Å². The molecule has 0 saturated carbocycles. The van der Waals surface area contributed by atoms with E-state index in [1.165, 1.54) is 5.57 Å². The molecule has 0 aromatic heterocycles. The van der Waals surface area contributed by atoms with E-state index in [2.05, 4.69) is 33.8 Å². The minimum Gasteiger partial charge on any atom is -0.494 e. The molecule has 0 aromatic rings. The van der Waals surface area contributed by atoms with Gasteiger partial charge in [-0.3, -0.25) is 0 Å². The molecule has 0 aromatic carbocycles. The summed E-state index contributed by atoms with van der Waals surface area (Å²) in [4.78, 5) is 0. The number of rotatable bonds is 6. The maximum Gasteiger partial charge on any atom is 0.117 e. The molecule has 0 rings (SSSR count). The SMILES string of the molecule is C/C=C(OCCC(C)C)\C(C)=C/CC. The van der Waals surface area contributed by atoms with Gasteiger partial charge in [-0.05, 0) is 44.3 Å². The van der Waals surface area contributed by atoms with Crippen molar-refractivity contribution in [2.45, 2.75) is 47.5 Å². The quantitative estimate of drug-likeness (QED) is 0.454. The molecule has 0 aliphatic rings. The summed E-state index contributed by atoms with van der Waals surface area (Å²) in [7, 11) is 0. The second-order valence-corrected chi connectivity index (χ2v) is 3.98. The van der Waals surface area contributed by atoms with Gasteiger partial charge in [0.2, 0.25) is 0 Å². The van der Waals surface area contributed by atoms with Crippen molar-refractivity contribution in [3.63, 3.8) is 0 Å². The van der Waals surface area contributed by atoms with Crippen LogP contribution in [-0.4, -0.2) is 6.61 Å². The zero-order chi connectivity index (χ0) is 11.0. The van der Waals surface area contributed by atoms with Crippen LogP contribution in [0.15, 0.2) is 23.5 Å². The summed E-state index contributed by atoms with van der Waals surface area (Å²) in [6.45, 7) is 11.5. The van der Waals surface area contributed by atoms with Gasteiger partial charge in [0.25, 0.3) is 0 Å². The van der Waals surface area contributed by atoms with Crippen molar-refractivity contribution >= 4 is 0 Å². The van der Waals surface area contributed by atoms with Gasteiger partial charge in [0, 0.05) is 0 Å². The minimum atomic E-state index is 0.712. The van der Waals surface area contributed by atoms with Crippen LogP contribution in [0, 0.1) is 5.92 Å². The number of ether oxygens (including phenoxy) is 1. The van der Waals surface area contributed by atoms with Gasteiger partial charge < -0.3 is 4.74 Å². The van der Waals surface area contributed by atoms with E-state index < -0.39 is 0 Å². The van der Waals surface area contributed by atoms with Gasteiger partial charge in [0.15, 0.2) is 0 Å². The van der Waals surface area contributed by atoms with Crippen LogP contribution >= 0.6 is 0 Å². The largest absolute Gasteiger partial charge is 0.494 e. The Morgan fingerprint density at radius 3 is 2.43 bits per heavy atom. The van der Waals surface area contributed by atoms with Gasteiger partial charge in [-0.2, -0.15) is 0 Å². The third kappa shape index (κ3) is 5.85. The highest BCUT2D eigenvalue weighted by atomic mass is 16.5. The van der Waals surface area contributed by atoms with Crippen LogP contribution in [0.3, 0.4) is 0 Å². The average molecular weight is 196 g/mol. The Bertz CT molecular complexity index is 199. The van der Waals surface area contributed by atoms with Crippen molar-refractivity contribution in [3.8, 4) is 0 Å². The lowest BCUT2D eigenvalue weighted by atomic mass is 10.1. The highest BCUT2D eigenvalue weighted by molar-refractivity contribution is 5.22. The Morgan fingerprint density at radius 2 is 2.00 bits per heavy atom. The molecule has 0 saturated heterocycles. The van der Waals surface area contributed by atoms with Crippen LogP contribution in [0.4, 0.5) is 0 Å². The highest BCUT2D eigenvalue weighted by Crippen LogP contribution is 2.13. The molecule has 82 valence electrons. The fraction of sp³-hybridized carbons (Fsp3) is 0.692. The number of hydrogen-bond donors (Lipinski definition) is 0. The van der Waals surface area contributed by atoms with E-state index >= 15 is 0 Å². The predicted octanol–water partition coefficient (Wildman–Crippen LogP) is 4.31. The first kappa shape index (κ1) is 13.3. The molecule has 0 unspecified atom stereocenters. The van der Waals surface area contributed by atoms with E-state index in [0.717, 1.165) is 25.2 Å². The molecule has 0 amide bonds. The van der Waals surface area contributed by atoms with Gasteiger partial charge in [-0.25, -0.2) is 0 Å². The first-order chi connectivity index (χ1) is 6.61. The van der Waals surface area contributed by atoms with E-state index in [-0.39, 0.29) is 0 Å². The molecule has 0 heterocycles. The van der Waals surface area contributed by atoms with Crippen LogP contribution in [0.5, 0.6) is 0 Å². The summed E-state index contributed by atoms with van der Waals surface area (Å²) in [5, 5.41) is 0. The van der Waals surface area contributed by atoms with Gasteiger partial charge in [-0.15, -0.1) is 0 Å². The second kappa shape index (κ2) is 7.66.